The van der Waals surface area contributed by atoms with Crippen molar-refractivity contribution in [2.75, 3.05) is 46.3 Å². The van der Waals surface area contributed by atoms with Crippen LogP contribution in [0.4, 0.5) is 0 Å². The minimum Gasteiger partial charge on any atom is -0.356 e. The molecule has 1 aromatic heterocycles. The Morgan fingerprint density at radius 1 is 1.14 bits per heavy atom. The summed E-state index contributed by atoms with van der Waals surface area (Å²) in [5.74, 6) is 1.01. The molecule has 1 saturated heterocycles. The highest BCUT2D eigenvalue weighted by molar-refractivity contribution is 5.79. The van der Waals surface area contributed by atoms with Gasteiger partial charge in [-0.05, 0) is 31.9 Å². The molecule has 2 aromatic rings. The van der Waals surface area contributed by atoms with Gasteiger partial charge in [0.15, 0.2) is 5.96 Å². The first-order valence-corrected chi connectivity index (χ1v) is 10.6. The first-order chi connectivity index (χ1) is 14.2. The molecule has 0 saturated carbocycles. The minimum absolute atomic E-state index is 0.908. The van der Waals surface area contributed by atoms with E-state index in [2.05, 4.69) is 85.4 Å². The summed E-state index contributed by atoms with van der Waals surface area (Å²) in [6, 6.07) is 12.6. The normalized spacial score (nSPS) is 16.0. The van der Waals surface area contributed by atoms with Crippen molar-refractivity contribution in [1.29, 1.82) is 0 Å². The van der Waals surface area contributed by atoms with Crippen molar-refractivity contribution >= 4 is 12.0 Å². The van der Waals surface area contributed by atoms with Crippen molar-refractivity contribution in [3.63, 3.8) is 0 Å². The number of aliphatic imine (C=N–C) groups is 1. The molecule has 1 aromatic carbocycles. The number of nitrogens with one attached hydrogen (secondary N) is 1. The molecule has 2 heterocycles. The fourth-order valence-electron chi connectivity index (χ4n) is 3.71. The molecule has 156 valence electrons. The van der Waals surface area contributed by atoms with Gasteiger partial charge in [0.25, 0.3) is 0 Å². The van der Waals surface area contributed by atoms with E-state index in [0.29, 0.717) is 0 Å². The second-order valence-electron chi connectivity index (χ2n) is 7.58. The SMILES string of the molecule is CN=C(NCCCn1nc(C)cc1C)N1CCN(C/C=C/c2ccccc2)CC1. The molecule has 6 heteroatoms. The Labute approximate surface area is 174 Å². The van der Waals surface area contributed by atoms with Gasteiger partial charge < -0.3 is 10.2 Å². The summed E-state index contributed by atoms with van der Waals surface area (Å²) in [6.07, 6.45) is 5.50. The monoisotopic (exact) mass is 394 g/mol. The lowest BCUT2D eigenvalue weighted by atomic mass is 10.2. The van der Waals surface area contributed by atoms with Crippen LogP contribution in [0, 0.1) is 13.8 Å². The number of aromatic nitrogens is 2. The topological polar surface area (TPSA) is 48.7 Å². The van der Waals surface area contributed by atoms with Crippen molar-refractivity contribution in [3.8, 4) is 0 Å². The number of aryl methyl sites for hydroxylation is 3. The lowest BCUT2D eigenvalue weighted by Crippen LogP contribution is -2.52. The number of benzene rings is 1. The molecule has 1 aliphatic rings. The molecule has 0 unspecified atom stereocenters. The van der Waals surface area contributed by atoms with Crippen LogP contribution in [0.5, 0.6) is 0 Å². The van der Waals surface area contributed by atoms with Gasteiger partial charge in [-0.2, -0.15) is 5.10 Å². The molecule has 1 fully saturated rings. The highest BCUT2D eigenvalue weighted by atomic mass is 15.3. The van der Waals surface area contributed by atoms with Gasteiger partial charge in [0.05, 0.1) is 5.69 Å². The second kappa shape index (κ2) is 10.8. The zero-order chi connectivity index (χ0) is 20.5. The van der Waals surface area contributed by atoms with E-state index < -0.39 is 0 Å². The van der Waals surface area contributed by atoms with Crippen molar-refractivity contribution in [2.45, 2.75) is 26.8 Å². The van der Waals surface area contributed by atoms with Gasteiger partial charge in [-0.3, -0.25) is 14.6 Å². The van der Waals surface area contributed by atoms with Gasteiger partial charge in [-0.25, -0.2) is 0 Å². The van der Waals surface area contributed by atoms with Crippen LogP contribution < -0.4 is 5.32 Å². The molecule has 3 rings (SSSR count). The Kier molecular flexibility index (Phi) is 7.87. The fraction of sp³-hybridized carbons (Fsp3) is 0.478. The largest absolute Gasteiger partial charge is 0.356 e. The second-order valence-corrected chi connectivity index (χ2v) is 7.58. The zero-order valence-electron chi connectivity index (χ0n) is 18.0. The Morgan fingerprint density at radius 2 is 1.90 bits per heavy atom. The van der Waals surface area contributed by atoms with E-state index in [1.54, 1.807) is 0 Å². The van der Waals surface area contributed by atoms with Crippen LogP contribution >= 0.6 is 0 Å². The highest BCUT2D eigenvalue weighted by Gasteiger charge is 2.18. The predicted molar refractivity (Wildman–Crippen MR) is 121 cm³/mol. The number of guanidine groups is 1. The van der Waals surface area contributed by atoms with Crippen LogP contribution in [0.15, 0.2) is 47.5 Å². The number of piperazine rings is 1. The van der Waals surface area contributed by atoms with E-state index in [9.17, 15) is 0 Å². The molecule has 0 spiro atoms. The van der Waals surface area contributed by atoms with Gasteiger partial charge in [0, 0.05) is 58.6 Å². The number of nitrogens with zero attached hydrogens (tertiary/aromatic N) is 5. The third-order valence-corrected chi connectivity index (χ3v) is 5.29. The average molecular weight is 395 g/mol. The molecule has 1 N–H and O–H groups in total. The summed E-state index contributed by atoms with van der Waals surface area (Å²) in [5.41, 5.74) is 3.57. The van der Waals surface area contributed by atoms with Gasteiger partial charge >= 0.3 is 0 Å². The molecule has 29 heavy (non-hydrogen) atoms. The van der Waals surface area contributed by atoms with Crippen molar-refractivity contribution in [2.24, 2.45) is 4.99 Å². The third-order valence-electron chi connectivity index (χ3n) is 5.29. The van der Waals surface area contributed by atoms with E-state index in [1.807, 2.05) is 14.0 Å². The van der Waals surface area contributed by atoms with Crippen LogP contribution in [0.25, 0.3) is 6.08 Å². The maximum atomic E-state index is 4.53. The Balaban J connectivity index is 1.36. The quantitative estimate of drug-likeness (QED) is 0.446. The molecule has 6 nitrogen and oxygen atoms in total. The van der Waals surface area contributed by atoms with Crippen LogP contribution in [-0.2, 0) is 6.54 Å². The summed E-state index contributed by atoms with van der Waals surface area (Å²) in [4.78, 5) is 9.34. The van der Waals surface area contributed by atoms with Crippen LogP contribution in [0.2, 0.25) is 0 Å². The molecule has 0 bridgehead atoms. The summed E-state index contributed by atoms with van der Waals surface area (Å²) in [6.45, 7) is 11.1. The van der Waals surface area contributed by atoms with Crippen LogP contribution in [0.3, 0.4) is 0 Å². The molecule has 1 aliphatic heterocycles. The van der Waals surface area contributed by atoms with Crippen molar-refractivity contribution in [1.82, 2.24) is 24.9 Å². The van der Waals surface area contributed by atoms with Crippen LogP contribution in [0.1, 0.15) is 23.4 Å². The number of hydrogen-bond acceptors (Lipinski definition) is 3. The number of rotatable bonds is 7. The van der Waals surface area contributed by atoms with Crippen molar-refractivity contribution < 1.29 is 0 Å². The third kappa shape index (κ3) is 6.46. The summed E-state index contributed by atoms with van der Waals surface area (Å²) in [5, 5.41) is 8.04. The summed E-state index contributed by atoms with van der Waals surface area (Å²) in [7, 11) is 1.87. The van der Waals surface area contributed by atoms with Gasteiger partial charge in [-0.15, -0.1) is 0 Å². The van der Waals surface area contributed by atoms with Gasteiger partial charge in [0.1, 0.15) is 0 Å². The maximum absolute atomic E-state index is 4.53. The van der Waals surface area contributed by atoms with E-state index in [0.717, 1.165) is 63.9 Å². The average Bonchev–Trinajstić information content (AvgIpc) is 3.06. The molecule has 0 amide bonds. The minimum atomic E-state index is 0.908. The Hall–Kier alpha value is -2.60. The van der Waals surface area contributed by atoms with E-state index in [-0.39, 0.29) is 0 Å². The van der Waals surface area contributed by atoms with Gasteiger partial charge in [0.2, 0.25) is 0 Å². The maximum Gasteiger partial charge on any atom is 0.193 e. The summed E-state index contributed by atoms with van der Waals surface area (Å²) >= 11 is 0. The number of hydrogen-bond donors (Lipinski definition) is 1. The molecular formula is C23H34N6. The highest BCUT2D eigenvalue weighted by Crippen LogP contribution is 2.06. The molecule has 0 radical (unpaired) electrons. The lowest BCUT2D eigenvalue weighted by Gasteiger charge is -2.36. The fourth-order valence-corrected chi connectivity index (χ4v) is 3.71. The van der Waals surface area contributed by atoms with Crippen molar-refractivity contribution in [3.05, 3.63) is 59.4 Å². The van der Waals surface area contributed by atoms with Crippen LogP contribution in [-0.4, -0.2) is 71.9 Å². The predicted octanol–water partition coefficient (Wildman–Crippen LogP) is 2.80. The van der Waals surface area contributed by atoms with E-state index in [1.165, 1.54) is 11.3 Å². The van der Waals surface area contributed by atoms with E-state index in [4.69, 9.17) is 0 Å². The first-order valence-electron chi connectivity index (χ1n) is 10.6. The smallest absolute Gasteiger partial charge is 0.193 e. The summed E-state index contributed by atoms with van der Waals surface area (Å²) < 4.78 is 2.08. The molecule has 0 aliphatic carbocycles. The molecule has 0 atom stereocenters. The van der Waals surface area contributed by atoms with E-state index >= 15 is 0 Å². The first kappa shape index (κ1) is 21.1. The standard InChI is InChI=1S/C23H34N6/c1-20-19-21(2)29(26-20)14-8-12-25-23(24-3)28-17-15-27(16-18-28)13-7-11-22-9-5-4-6-10-22/h4-7,9-11,19H,8,12-18H2,1-3H3,(H,24,25)/b11-7+. The van der Waals surface area contributed by atoms with Gasteiger partial charge in [-0.1, -0.05) is 42.5 Å². The molecular weight excluding hydrogens is 360 g/mol. The Bertz CT molecular complexity index is 800. The Morgan fingerprint density at radius 3 is 2.55 bits per heavy atom. The zero-order valence-corrected chi connectivity index (χ0v) is 18.0. The lowest BCUT2D eigenvalue weighted by molar-refractivity contribution is 0.194.